The van der Waals surface area contributed by atoms with Crippen LogP contribution >= 0.6 is 0 Å². The number of rotatable bonds is 7. The van der Waals surface area contributed by atoms with Gasteiger partial charge in [0.2, 0.25) is 0 Å². The van der Waals surface area contributed by atoms with Gasteiger partial charge >= 0.3 is 0 Å². The summed E-state index contributed by atoms with van der Waals surface area (Å²) in [7, 11) is 1.61. The highest BCUT2D eigenvalue weighted by molar-refractivity contribution is 5.81. The molecular weight excluding hydrogens is 364 g/mol. The molecule has 1 heterocycles. The molecule has 1 aliphatic rings. The first-order valence-electron chi connectivity index (χ1n) is 10.4. The minimum absolute atomic E-state index is 0.0896. The lowest BCUT2D eigenvalue weighted by Gasteiger charge is -2.33. The lowest BCUT2D eigenvalue weighted by Crippen LogP contribution is -2.37. The molecule has 29 heavy (non-hydrogen) atoms. The molecule has 1 N–H and O–H groups in total. The predicted octanol–water partition coefficient (Wildman–Crippen LogP) is 4.58. The molecule has 3 rings (SSSR count). The van der Waals surface area contributed by atoms with Gasteiger partial charge in [-0.05, 0) is 62.4 Å². The summed E-state index contributed by atoms with van der Waals surface area (Å²) >= 11 is 0. The summed E-state index contributed by atoms with van der Waals surface area (Å²) in [5, 5.41) is 3.04. The largest absolute Gasteiger partial charge is 0.497 e. The lowest BCUT2D eigenvalue weighted by molar-refractivity contribution is -0.127. The molecule has 0 aliphatic carbocycles. The van der Waals surface area contributed by atoms with Crippen molar-refractivity contribution in [3.8, 4) is 11.5 Å². The molecule has 1 amide bonds. The van der Waals surface area contributed by atoms with Crippen molar-refractivity contribution in [2.45, 2.75) is 45.8 Å². The number of ether oxygens (including phenoxy) is 2. The molecule has 0 radical (unpaired) electrons. The van der Waals surface area contributed by atoms with E-state index in [9.17, 15) is 4.79 Å². The monoisotopic (exact) mass is 396 g/mol. The maximum absolute atomic E-state index is 12.6. The van der Waals surface area contributed by atoms with E-state index in [0.717, 1.165) is 24.6 Å². The summed E-state index contributed by atoms with van der Waals surface area (Å²) in [6.07, 6.45) is 1.97. The molecule has 5 nitrogen and oxygen atoms in total. The van der Waals surface area contributed by atoms with E-state index in [1.807, 2.05) is 25.1 Å². The standard InChI is InChI=1S/C24H32N2O3/c1-17-7-6-14-26(16-17)21-12-10-20(11-13-21)18(2)25-24(27)19(3)29-23-9-5-8-22(15-23)28-4/h5,8-13,15,17-19H,6-7,14,16H2,1-4H3,(H,25,27)/t17-,18+,19+/m1/s1. The number of carbonyl (C=O) groups excluding carboxylic acids is 1. The summed E-state index contributed by atoms with van der Waals surface area (Å²) < 4.78 is 11.0. The van der Waals surface area contributed by atoms with Gasteiger partial charge in [0.1, 0.15) is 11.5 Å². The number of hydrogen-bond acceptors (Lipinski definition) is 4. The number of amides is 1. The van der Waals surface area contributed by atoms with Crippen molar-refractivity contribution in [2.75, 3.05) is 25.1 Å². The summed E-state index contributed by atoms with van der Waals surface area (Å²) in [5.41, 5.74) is 2.34. The third-order valence-corrected chi connectivity index (χ3v) is 5.50. The number of benzene rings is 2. The predicted molar refractivity (Wildman–Crippen MR) is 117 cm³/mol. The van der Waals surface area contributed by atoms with Crippen LogP contribution in [0.1, 0.15) is 45.2 Å². The van der Waals surface area contributed by atoms with E-state index in [-0.39, 0.29) is 11.9 Å². The number of anilines is 1. The van der Waals surface area contributed by atoms with Crippen LogP contribution < -0.4 is 19.7 Å². The molecule has 0 saturated carbocycles. The van der Waals surface area contributed by atoms with Gasteiger partial charge in [0.15, 0.2) is 6.10 Å². The molecule has 2 aromatic carbocycles. The van der Waals surface area contributed by atoms with Crippen LogP contribution in [-0.2, 0) is 4.79 Å². The van der Waals surface area contributed by atoms with Crippen LogP contribution in [0, 0.1) is 5.92 Å². The second kappa shape index (κ2) is 9.68. The highest BCUT2D eigenvalue weighted by Crippen LogP contribution is 2.25. The van der Waals surface area contributed by atoms with Crippen molar-refractivity contribution in [3.63, 3.8) is 0 Å². The normalized spacial score (nSPS) is 18.6. The van der Waals surface area contributed by atoms with Crippen LogP contribution in [0.4, 0.5) is 5.69 Å². The van der Waals surface area contributed by atoms with Crippen molar-refractivity contribution >= 4 is 11.6 Å². The summed E-state index contributed by atoms with van der Waals surface area (Å²) in [5.74, 6) is 1.91. The topological polar surface area (TPSA) is 50.8 Å². The Kier molecular flexibility index (Phi) is 7.02. The Bertz CT molecular complexity index is 806. The van der Waals surface area contributed by atoms with Gasteiger partial charge < -0.3 is 19.7 Å². The van der Waals surface area contributed by atoms with Crippen molar-refractivity contribution in [3.05, 3.63) is 54.1 Å². The van der Waals surface area contributed by atoms with Gasteiger partial charge in [-0.1, -0.05) is 25.1 Å². The molecule has 0 aromatic heterocycles. The number of piperidine rings is 1. The Hall–Kier alpha value is -2.69. The molecule has 2 aromatic rings. The number of nitrogens with zero attached hydrogens (tertiary/aromatic N) is 1. The zero-order chi connectivity index (χ0) is 20.8. The molecule has 3 atom stereocenters. The van der Waals surface area contributed by atoms with Crippen LogP contribution in [0.2, 0.25) is 0 Å². The summed E-state index contributed by atoms with van der Waals surface area (Å²) in [6, 6.07) is 15.7. The van der Waals surface area contributed by atoms with Gasteiger partial charge in [0.25, 0.3) is 5.91 Å². The first kappa shape index (κ1) is 21.0. The average Bonchev–Trinajstić information content (AvgIpc) is 2.74. The van der Waals surface area contributed by atoms with Crippen LogP contribution in [-0.4, -0.2) is 32.2 Å². The Morgan fingerprint density at radius 2 is 1.86 bits per heavy atom. The van der Waals surface area contributed by atoms with Gasteiger partial charge in [0.05, 0.1) is 13.2 Å². The van der Waals surface area contributed by atoms with Crippen molar-refractivity contribution in [2.24, 2.45) is 5.92 Å². The first-order chi connectivity index (χ1) is 14.0. The highest BCUT2D eigenvalue weighted by atomic mass is 16.5. The van der Waals surface area contributed by atoms with Crippen LogP contribution in [0.5, 0.6) is 11.5 Å². The number of hydrogen-bond donors (Lipinski definition) is 1. The second-order valence-electron chi connectivity index (χ2n) is 7.95. The van der Waals surface area contributed by atoms with Gasteiger partial charge in [-0.3, -0.25) is 4.79 Å². The van der Waals surface area contributed by atoms with Crippen molar-refractivity contribution in [1.29, 1.82) is 0 Å². The van der Waals surface area contributed by atoms with E-state index in [1.165, 1.54) is 18.5 Å². The van der Waals surface area contributed by atoms with Crippen LogP contribution in [0.15, 0.2) is 48.5 Å². The molecule has 0 bridgehead atoms. The number of carbonyl (C=O) groups is 1. The number of nitrogens with one attached hydrogen (secondary N) is 1. The van der Waals surface area contributed by atoms with E-state index in [2.05, 4.69) is 41.4 Å². The molecule has 0 spiro atoms. The fourth-order valence-corrected chi connectivity index (χ4v) is 3.74. The Morgan fingerprint density at radius 1 is 1.14 bits per heavy atom. The van der Waals surface area contributed by atoms with E-state index in [0.29, 0.717) is 11.5 Å². The van der Waals surface area contributed by atoms with E-state index in [1.54, 1.807) is 20.1 Å². The minimum Gasteiger partial charge on any atom is -0.497 e. The Balaban J connectivity index is 1.55. The summed E-state index contributed by atoms with van der Waals surface area (Å²) in [4.78, 5) is 15.0. The quantitative estimate of drug-likeness (QED) is 0.744. The molecule has 1 saturated heterocycles. The molecule has 1 aliphatic heterocycles. The Labute approximate surface area is 174 Å². The van der Waals surface area contributed by atoms with E-state index >= 15 is 0 Å². The maximum atomic E-state index is 12.6. The molecule has 0 unspecified atom stereocenters. The zero-order valence-electron chi connectivity index (χ0n) is 17.9. The minimum atomic E-state index is -0.598. The Morgan fingerprint density at radius 3 is 2.55 bits per heavy atom. The SMILES string of the molecule is COc1cccc(O[C@@H](C)C(=O)N[C@@H](C)c2ccc(N3CCC[C@@H](C)C3)cc2)c1. The van der Waals surface area contributed by atoms with Gasteiger partial charge in [-0.15, -0.1) is 0 Å². The average molecular weight is 397 g/mol. The number of methoxy groups -OCH3 is 1. The van der Waals surface area contributed by atoms with Gasteiger partial charge in [-0.2, -0.15) is 0 Å². The molecule has 5 heteroatoms. The molecule has 1 fully saturated rings. The van der Waals surface area contributed by atoms with Crippen molar-refractivity contribution < 1.29 is 14.3 Å². The first-order valence-corrected chi connectivity index (χ1v) is 10.4. The van der Waals surface area contributed by atoms with Gasteiger partial charge in [0, 0.05) is 24.8 Å². The third kappa shape index (κ3) is 5.66. The smallest absolute Gasteiger partial charge is 0.261 e. The molecule has 156 valence electrons. The summed E-state index contributed by atoms with van der Waals surface area (Å²) in [6.45, 7) is 8.29. The highest BCUT2D eigenvalue weighted by Gasteiger charge is 2.19. The fraction of sp³-hybridized carbons (Fsp3) is 0.458. The van der Waals surface area contributed by atoms with E-state index in [4.69, 9.17) is 9.47 Å². The fourth-order valence-electron chi connectivity index (χ4n) is 3.74. The zero-order valence-corrected chi connectivity index (χ0v) is 17.9. The van der Waals surface area contributed by atoms with Crippen LogP contribution in [0.25, 0.3) is 0 Å². The third-order valence-electron chi connectivity index (χ3n) is 5.50. The van der Waals surface area contributed by atoms with Gasteiger partial charge in [-0.25, -0.2) is 0 Å². The molecular formula is C24H32N2O3. The maximum Gasteiger partial charge on any atom is 0.261 e. The van der Waals surface area contributed by atoms with Crippen molar-refractivity contribution in [1.82, 2.24) is 5.32 Å². The van der Waals surface area contributed by atoms with Crippen LogP contribution in [0.3, 0.4) is 0 Å². The second-order valence-corrected chi connectivity index (χ2v) is 7.95. The lowest BCUT2D eigenvalue weighted by atomic mass is 9.99. The van der Waals surface area contributed by atoms with E-state index < -0.39 is 6.10 Å².